The van der Waals surface area contributed by atoms with E-state index in [1.807, 2.05) is 24.3 Å². The zero-order valence-electron chi connectivity index (χ0n) is 14.5. The van der Waals surface area contributed by atoms with Crippen LogP contribution in [0, 0.1) is 0 Å². The van der Waals surface area contributed by atoms with E-state index in [-0.39, 0.29) is 17.3 Å². The smallest absolute Gasteiger partial charge is 0.240 e. The number of sulfonamides is 1. The third kappa shape index (κ3) is 4.84. The standard InChI is InChI=1S/C19H23ClN2O3S/c20-9-10-21-26(23,24)18-7-5-16(6-8-18)19-4-2-1-3-17(19)15-22-11-13-25-14-12-22/h1-8,21H,9-15H2. The van der Waals surface area contributed by atoms with Crippen LogP contribution in [0.4, 0.5) is 0 Å². The van der Waals surface area contributed by atoms with E-state index in [1.165, 1.54) is 5.56 Å². The van der Waals surface area contributed by atoms with Gasteiger partial charge in [0, 0.05) is 32.1 Å². The van der Waals surface area contributed by atoms with Crippen LogP contribution in [0.5, 0.6) is 0 Å². The minimum atomic E-state index is -3.51. The van der Waals surface area contributed by atoms with E-state index in [0.717, 1.165) is 44.0 Å². The summed E-state index contributed by atoms with van der Waals surface area (Å²) in [5, 5.41) is 0. The highest BCUT2D eigenvalue weighted by Gasteiger charge is 2.15. The van der Waals surface area contributed by atoms with Crippen molar-refractivity contribution in [3.8, 4) is 11.1 Å². The van der Waals surface area contributed by atoms with Gasteiger partial charge in [0.15, 0.2) is 0 Å². The fourth-order valence-electron chi connectivity index (χ4n) is 3.01. The van der Waals surface area contributed by atoms with Crippen LogP contribution in [-0.4, -0.2) is 52.0 Å². The van der Waals surface area contributed by atoms with Crippen molar-refractivity contribution in [2.75, 3.05) is 38.7 Å². The molecule has 5 nitrogen and oxygen atoms in total. The summed E-state index contributed by atoms with van der Waals surface area (Å²) in [6, 6.07) is 15.2. The van der Waals surface area contributed by atoms with Gasteiger partial charge in [-0.25, -0.2) is 13.1 Å². The number of halogens is 1. The third-order valence-corrected chi connectivity index (χ3v) is 6.04. The van der Waals surface area contributed by atoms with Gasteiger partial charge in [0.05, 0.1) is 18.1 Å². The molecule has 7 heteroatoms. The topological polar surface area (TPSA) is 58.6 Å². The van der Waals surface area contributed by atoms with E-state index in [9.17, 15) is 8.42 Å². The molecule has 2 aromatic rings. The second-order valence-electron chi connectivity index (χ2n) is 6.16. The third-order valence-electron chi connectivity index (χ3n) is 4.38. The molecule has 0 unspecified atom stereocenters. The van der Waals surface area contributed by atoms with Crippen LogP contribution in [0.15, 0.2) is 53.4 Å². The summed E-state index contributed by atoms with van der Waals surface area (Å²) >= 11 is 5.56. The van der Waals surface area contributed by atoms with Crippen molar-refractivity contribution in [2.24, 2.45) is 0 Å². The number of hydrogen-bond acceptors (Lipinski definition) is 4. The van der Waals surface area contributed by atoms with E-state index >= 15 is 0 Å². The maximum absolute atomic E-state index is 12.2. The van der Waals surface area contributed by atoms with E-state index < -0.39 is 10.0 Å². The van der Waals surface area contributed by atoms with Crippen molar-refractivity contribution in [1.29, 1.82) is 0 Å². The summed E-state index contributed by atoms with van der Waals surface area (Å²) in [4.78, 5) is 2.62. The molecule has 1 fully saturated rings. The molecular weight excluding hydrogens is 372 g/mol. The first-order valence-corrected chi connectivity index (χ1v) is 10.7. The molecule has 3 rings (SSSR count). The van der Waals surface area contributed by atoms with Gasteiger partial charge in [0.1, 0.15) is 0 Å². The molecule has 1 aliphatic heterocycles. The van der Waals surface area contributed by atoms with Crippen molar-refractivity contribution in [3.63, 3.8) is 0 Å². The van der Waals surface area contributed by atoms with Crippen LogP contribution < -0.4 is 4.72 Å². The van der Waals surface area contributed by atoms with Crippen molar-refractivity contribution < 1.29 is 13.2 Å². The fourth-order valence-corrected chi connectivity index (χ4v) is 4.25. The Balaban J connectivity index is 1.81. The molecular formula is C19H23ClN2O3S. The number of nitrogens with one attached hydrogen (secondary N) is 1. The largest absolute Gasteiger partial charge is 0.379 e. The van der Waals surface area contributed by atoms with Gasteiger partial charge < -0.3 is 4.74 Å². The molecule has 140 valence electrons. The minimum Gasteiger partial charge on any atom is -0.379 e. The summed E-state index contributed by atoms with van der Waals surface area (Å²) in [6.45, 7) is 4.47. The summed E-state index contributed by atoms with van der Waals surface area (Å²) < 4.78 is 32.2. The molecule has 1 saturated heterocycles. The molecule has 2 aromatic carbocycles. The molecule has 0 atom stereocenters. The first-order valence-electron chi connectivity index (χ1n) is 8.64. The van der Waals surface area contributed by atoms with Gasteiger partial charge in [0.25, 0.3) is 0 Å². The predicted octanol–water partition coefficient (Wildman–Crippen LogP) is 2.70. The first-order chi connectivity index (χ1) is 12.6. The predicted molar refractivity (Wildman–Crippen MR) is 104 cm³/mol. The van der Waals surface area contributed by atoms with Crippen molar-refractivity contribution >= 4 is 21.6 Å². The highest BCUT2D eigenvalue weighted by Crippen LogP contribution is 2.26. The molecule has 0 bridgehead atoms. The van der Waals surface area contributed by atoms with Crippen LogP contribution in [0.3, 0.4) is 0 Å². The van der Waals surface area contributed by atoms with E-state index in [1.54, 1.807) is 12.1 Å². The van der Waals surface area contributed by atoms with Crippen LogP contribution in [0.2, 0.25) is 0 Å². The highest BCUT2D eigenvalue weighted by atomic mass is 35.5. The Labute approximate surface area is 160 Å². The van der Waals surface area contributed by atoms with Crippen LogP contribution in [0.1, 0.15) is 5.56 Å². The van der Waals surface area contributed by atoms with Gasteiger partial charge in [-0.1, -0.05) is 36.4 Å². The monoisotopic (exact) mass is 394 g/mol. The Morgan fingerprint density at radius 1 is 1.04 bits per heavy atom. The molecule has 1 aliphatic rings. The average molecular weight is 395 g/mol. The van der Waals surface area contributed by atoms with Crippen LogP contribution >= 0.6 is 11.6 Å². The lowest BCUT2D eigenvalue weighted by Gasteiger charge is -2.27. The van der Waals surface area contributed by atoms with E-state index in [4.69, 9.17) is 16.3 Å². The molecule has 0 aliphatic carbocycles. The van der Waals surface area contributed by atoms with Crippen molar-refractivity contribution in [1.82, 2.24) is 9.62 Å². The second-order valence-corrected chi connectivity index (χ2v) is 8.30. The molecule has 0 amide bonds. The zero-order chi connectivity index (χ0) is 18.4. The number of ether oxygens (including phenoxy) is 1. The first kappa shape index (κ1) is 19.3. The lowest BCUT2D eigenvalue weighted by atomic mass is 9.99. The minimum absolute atomic E-state index is 0.216. The Morgan fingerprint density at radius 3 is 2.42 bits per heavy atom. The number of nitrogens with zero attached hydrogens (tertiary/aromatic N) is 1. The van der Waals surface area contributed by atoms with Gasteiger partial charge in [-0.2, -0.15) is 0 Å². The number of alkyl halides is 1. The average Bonchev–Trinajstić information content (AvgIpc) is 2.68. The van der Waals surface area contributed by atoms with Gasteiger partial charge in [0.2, 0.25) is 10.0 Å². The molecule has 0 aromatic heterocycles. The normalized spacial score (nSPS) is 15.9. The molecule has 0 saturated carbocycles. The molecule has 26 heavy (non-hydrogen) atoms. The Morgan fingerprint density at radius 2 is 1.73 bits per heavy atom. The molecule has 0 spiro atoms. The Bertz CT molecular complexity index is 819. The highest BCUT2D eigenvalue weighted by molar-refractivity contribution is 7.89. The molecule has 1 N–H and O–H groups in total. The van der Waals surface area contributed by atoms with Crippen LogP contribution in [0.25, 0.3) is 11.1 Å². The van der Waals surface area contributed by atoms with Gasteiger partial charge in [-0.15, -0.1) is 11.6 Å². The fraction of sp³-hybridized carbons (Fsp3) is 0.368. The lowest BCUT2D eigenvalue weighted by molar-refractivity contribution is 0.0342. The zero-order valence-corrected chi connectivity index (χ0v) is 16.1. The van der Waals surface area contributed by atoms with E-state index in [0.29, 0.717) is 0 Å². The quantitative estimate of drug-likeness (QED) is 0.733. The number of morpholine rings is 1. The van der Waals surface area contributed by atoms with Gasteiger partial charge >= 0.3 is 0 Å². The maximum Gasteiger partial charge on any atom is 0.240 e. The Hall–Kier alpha value is -1.44. The van der Waals surface area contributed by atoms with E-state index in [2.05, 4.69) is 21.8 Å². The summed E-state index contributed by atoms with van der Waals surface area (Å²) in [6.07, 6.45) is 0. The van der Waals surface area contributed by atoms with Gasteiger partial charge in [-0.3, -0.25) is 4.90 Å². The van der Waals surface area contributed by atoms with Gasteiger partial charge in [-0.05, 0) is 28.8 Å². The van der Waals surface area contributed by atoms with Crippen molar-refractivity contribution in [2.45, 2.75) is 11.4 Å². The SMILES string of the molecule is O=S(=O)(NCCCl)c1ccc(-c2ccccc2CN2CCOCC2)cc1. The lowest BCUT2D eigenvalue weighted by Crippen LogP contribution is -2.35. The maximum atomic E-state index is 12.2. The molecule has 1 heterocycles. The van der Waals surface area contributed by atoms with Crippen LogP contribution in [-0.2, 0) is 21.3 Å². The second kappa shape index (κ2) is 8.97. The Kier molecular flexibility index (Phi) is 6.67. The molecule has 0 radical (unpaired) electrons. The van der Waals surface area contributed by atoms with Crippen molar-refractivity contribution in [3.05, 3.63) is 54.1 Å². The number of rotatable bonds is 7. The summed E-state index contributed by atoms with van der Waals surface area (Å²) in [7, 11) is -3.51. The summed E-state index contributed by atoms with van der Waals surface area (Å²) in [5.74, 6) is 0.242. The number of hydrogen-bond donors (Lipinski definition) is 1. The summed E-state index contributed by atoms with van der Waals surface area (Å²) in [5.41, 5.74) is 3.35. The number of benzene rings is 2.